The number of piperazine rings is 1. The van der Waals surface area contributed by atoms with Crippen LogP contribution in [-0.2, 0) is 11.3 Å². The van der Waals surface area contributed by atoms with E-state index in [0.717, 1.165) is 5.56 Å². The van der Waals surface area contributed by atoms with Crippen LogP contribution in [0.3, 0.4) is 0 Å². The molecule has 0 unspecified atom stereocenters. The number of anilines is 1. The van der Waals surface area contributed by atoms with Crippen molar-refractivity contribution in [1.82, 2.24) is 14.5 Å². The first kappa shape index (κ1) is 22.6. The molecule has 0 bridgehead atoms. The fourth-order valence-corrected chi connectivity index (χ4v) is 5.74. The van der Waals surface area contributed by atoms with Crippen LogP contribution in [-0.4, -0.2) is 52.3 Å². The highest BCUT2D eigenvalue weighted by Gasteiger charge is 2.23. The van der Waals surface area contributed by atoms with Crippen molar-refractivity contribution in [3.8, 4) is 0 Å². The Morgan fingerprint density at radius 3 is 2.50 bits per heavy atom. The van der Waals surface area contributed by atoms with Gasteiger partial charge in [-0.1, -0.05) is 54.2 Å². The Bertz CT molecular complexity index is 1360. The van der Waals surface area contributed by atoms with Crippen molar-refractivity contribution in [2.75, 3.05) is 36.8 Å². The lowest BCUT2D eigenvalue weighted by molar-refractivity contribution is -0.128. The highest BCUT2D eigenvalue weighted by Crippen LogP contribution is 2.23. The number of carbonyl (C=O) groups excluding carboxylic acids is 1. The molecule has 0 radical (unpaired) electrons. The minimum atomic E-state index is -0.246. The number of nitrogens with zero attached hydrogens (tertiary/aromatic N) is 4. The Morgan fingerprint density at radius 2 is 1.74 bits per heavy atom. The molecule has 5 rings (SSSR count). The first-order valence-corrected chi connectivity index (χ1v) is 12.9. The van der Waals surface area contributed by atoms with Crippen LogP contribution in [0.15, 0.2) is 76.0 Å². The maximum absolute atomic E-state index is 14.1. The lowest BCUT2D eigenvalue weighted by Crippen LogP contribution is -2.49. The second-order valence-corrected chi connectivity index (χ2v) is 9.87. The number of thiophene rings is 1. The highest BCUT2D eigenvalue weighted by molar-refractivity contribution is 7.99. The minimum Gasteiger partial charge on any atom is -0.366 e. The standard InChI is InChI=1S/C25H23FN4O2S2/c26-19-8-4-5-9-21(19)28-11-13-29(14-12-28)22(31)17-34-25-27-20-10-15-33-23(20)24(32)30(25)16-18-6-2-1-3-7-18/h1-10,15H,11-14,16-17H2. The first-order chi connectivity index (χ1) is 16.6. The number of hydrogen-bond acceptors (Lipinski definition) is 6. The first-order valence-electron chi connectivity index (χ1n) is 11.0. The van der Waals surface area contributed by atoms with Gasteiger partial charge >= 0.3 is 0 Å². The summed E-state index contributed by atoms with van der Waals surface area (Å²) in [5.74, 6) is -0.0652. The summed E-state index contributed by atoms with van der Waals surface area (Å²) in [6, 6.07) is 18.3. The summed E-state index contributed by atoms with van der Waals surface area (Å²) in [5, 5.41) is 2.40. The monoisotopic (exact) mass is 494 g/mol. The van der Waals surface area contributed by atoms with Crippen molar-refractivity contribution in [3.05, 3.63) is 87.8 Å². The van der Waals surface area contributed by atoms with Gasteiger partial charge in [0.1, 0.15) is 10.5 Å². The van der Waals surface area contributed by atoms with Crippen molar-refractivity contribution in [2.24, 2.45) is 0 Å². The van der Waals surface area contributed by atoms with E-state index in [1.54, 1.807) is 21.6 Å². The summed E-state index contributed by atoms with van der Waals surface area (Å²) in [4.78, 5) is 34.6. The summed E-state index contributed by atoms with van der Waals surface area (Å²) >= 11 is 2.67. The van der Waals surface area contributed by atoms with Crippen LogP contribution in [0.1, 0.15) is 5.56 Å². The normalized spacial score (nSPS) is 14.0. The average molecular weight is 495 g/mol. The zero-order chi connectivity index (χ0) is 23.5. The maximum atomic E-state index is 14.1. The zero-order valence-electron chi connectivity index (χ0n) is 18.4. The van der Waals surface area contributed by atoms with E-state index >= 15 is 0 Å². The number of carbonyl (C=O) groups is 1. The van der Waals surface area contributed by atoms with Crippen LogP contribution in [0.25, 0.3) is 10.2 Å². The smallest absolute Gasteiger partial charge is 0.272 e. The van der Waals surface area contributed by atoms with Crippen LogP contribution < -0.4 is 10.5 Å². The zero-order valence-corrected chi connectivity index (χ0v) is 20.0. The van der Waals surface area contributed by atoms with Crippen LogP contribution in [0.5, 0.6) is 0 Å². The molecule has 2 aromatic carbocycles. The third kappa shape index (κ3) is 4.71. The van der Waals surface area contributed by atoms with Crippen molar-refractivity contribution in [3.63, 3.8) is 0 Å². The molecule has 0 spiro atoms. The number of rotatable bonds is 6. The number of fused-ring (bicyclic) bond motifs is 1. The van der Waals surface area contributed by atoms with E-state index in [4.69, 9.17) is 0 Å². The summed E-state index contributed by atoms with van der Waals surface area (Å²) in [7, 11) is 0. The van der Waals surface area contributed by atoms with E-state index in [1.807, 2.05) is 52.7 Å². The van der Waals surface area contributed by atoms with E-state index in [0.29, 0.717) is 53.8 Å². The number of amides is 1. The number of thioether (sulfide) groups is 1. The van der Waals surface area contributed by atoms with Gasteiger partial charge in [-0.15, -0.1) is 11.3 Å². The second-order valence-electron chi connectivity index (χ2n) is 8.01. The number of para-hydroxylation sites is 1. The van der Waals surface area contributed by atoms with Crippen molar-refractivity contribution in [2.45, 2.75) is 11.7 Å². The molecular formula is C25H23FN4O2S2. The molecule has 0 aliphatic carbocycles. The molecule has 6 nitrogen and oxygen atoms in total. The fraction of sp³-hybridized carbons (Fsp3) is 0.240. The van der Waals surface area contributed by atoms with E-state index in [9.17, 15) is 14.0 Å². The molecule has 1 aliphatic rings. The molecule has 0 saturated carbocycles. The number of benzene rings is 2. The van der Waals surface area contributed by atoms with Crippen LogP contribution >= 0.6 is 23.1 Å². The maximum Gasteiger partial charge on any atom is 0.272 e. The molecule has 3 heterocycles. The Morgan fingerprint density at radius 1 is 1.00 bits per heavy atom. The Labute approximate surface area is 204 Å². The molecule has 2 aromatic heterocycles. The molecule has 1 saturated heterocycles. The van der Waals surface area contributed by atoms with Gasteiger partial charge in [-0.3, -0.25) is 14.2 Å². The lowest BCUT2D eigenvalue weighted by Gasteiger charge is -2.36. The Balaban J connectivity index is 1.28. The molecule has 1 fully saturated rings. The number of aromatic nitrogens is 2. The van der Waals surface area contributed by atoms with Crippen molar-refractivity contribution in [1.29, 1.82) is 0 Å². The van der Waals surface area contributed by atoms with Gasteiger partial charge in [-0.2, -0.15) is 0 Å². The number of halogens is 1. The topological polar surface area (TPSA) is 58.4 Å². The predicted molar refractivity (Wildman–Crippen MR) is 135 cm³/mol. The van der Waals surface area contributed by atoms with Gasteiger partial charge in [0, 0.05) is 26.2 Å². The fourth-order valence-electron chi connectivity index (χ4n) is 4.06. The molecule has 1 aliphatic heterocycles. The quantitative estimate of drug-likeness (QED) is 0.299. The van der Waals surface area contributed by atoms with E-state index in [-0.39, 0.29) is 23.0 Å². The molecule has 9 heteroatoms. The third-order valence-electron chi connectivity index (χ3n) is 5.86. The summed E-state index contributed by atoms with van der Waals surface area (Å²) < 4.78 is 16.4. The van der Waals surface area contributed by atoms with Crippen LogP contribution in [0, 0.1) is 5.82 Å². The Kier molecular flexibility index (Phi) is 6.64. The van der Waals surface area contributed by atoms with Crippen LogP contribution in [0.2, 0.25) is 0 Å². The van der Waals surface area contributed by atoms with Gasteiger partial charge in [-0.05, 0) is 29.1 Å². The van der Waals surface area contributed by atoms with Gasteiger partial charge in [0.15, 0.2) is 5.16 Å². The summed E-state index contributed by atoms with van der Waals surface area (Å²) in [6.07, 6.45) is 0. The molecule has 174 valence electrons. The van der Waals surface area contributed by atoms with Gasteiger partial charge in [0.25, 0.3) is 5.56 Å². The highest BCUT2D eigenvalue weighted by atomic mass is 32.2. The summed E-state index contributed by atoms with van der Waals surface area (Å²) in [5.41, 5.74) is 2.15. The van der Waals surface area contributed by atoms with Crippen molar-refractivity contribution >= 4 is 44.9 Å². The Hall–Kier alpha value is -3.17. The third-order valence-corrected chi connectivity index (χ3v) is 7.72. The van der Waals surface area contributed by atoms with Gasteiger partial charge in [-0.25, -0.2) is 9.37 Å². The van der Waals surface area contributed by atoms with Gasteiger partial charge in [0.05, 0.1) is 23.5 Å². The van der Waals surface area contributed by atoms with Gasteiger partial charge < -0.3 is 9.80 Å². The van der Waals surface area contributed by atoms with E-state index in [1.165, 1.54) is 29.2 Å². The summed E-state index contributed by atoms with van der Waals surface area (Å²) in [6.45, 7) is 2.62. The molecule has 1 amide bonds. The lowest BCUT2D eigenvalue weighted by atomic mass is 10.2. The van der Waals surface area contributed by atoms with Crippen molar-refractivity contribution < 1.29 is 9.18 Å². The second kappa shape index (κ2) is 9.99. The SMILES string of the molecule is O=C(CSc1nc2ccsc2c(=O)n1Cc1ccccc1)N1CCN(c2ccccc2F)CC1. The average Bonchev–Trinajstić information content (AvgIpc) is 3.34. The molecule has 34 heavy (non-hydrogen) atoms. The molecule has 0 N–H and O–H groups in total. The predicted octanol–water partition coefficient (Wildman–Crippen LogP) is 4.09. The van der Waals surface area contributed by atoms with E-state index < -0.39 is 0 Å². The minimum absolute atomic E-state index is 0.0101. The largest absolute Gasteiger partial charge is 0.366 e. The number of hydrogen-bond donors (Lipinski definition) is 0. The van der Waals surface area contributed by atoms with Crippen LogP contribution in [0.4, 0.5) is 10.1 Å². The van der Waals surface area contributed by atoms with E-state index in [2.05, 4.69) is 4.98 Å². The molecule has 0 atom stereocenters. The molecule has 4 aromatic rings. The van der Waals surface area contributed by atoms with Gasteiger partial charge in [0.2, 0.25) is 5.91 Å². The molecular weight excluding hydrogens is 471 g/mol.